The van der Waals surface area contributed by atoms with E-state index >= 15 is 0 Å². The van der Waals surface area contributed by atoms with Gasteiger partial charge in [-0.2, -0.15) is 17.0 Å². The van der Waals surface area contributed by atoms with Gasteiger partial charge in [0.25, 0.3) is 10.2 Å². The van der Waals surface area contributed by atoms with Crippen molar-refractivity contribution in [2.24, 2.45) is 17.6 Å². The highest BCUT2D eigenvalue weighted by atomic mass is 35.5. The number of nitrogens with zero attached hydrogens (tertiary/aromatic N) is 2. The first-order chi connectivity index (χ1) is 8.98. The normalized spacial score (nSPS) is 36.8. The van der Waals surface area contributed by atoms with E-state index < -0.39 is 10.2 Å². The van der Waals surface area contributed by atoms with Crippen LogP contribution in [-0.2, 0) is 10.2 Å². The topological polar surface area (TPSA) is 66.6 Å². The van der Waals surface area contributed by atoms with Crippen LogP contribution < -0.4 is 5.73 Å². The second-order valence-electron chi connectivity index (χ2n) is 6.53. The molecule has 2 N–H and O–H groups in total. The van der Waals surface area contributed by atoms with E-state index in [1.807, 2.05) is 6.92 Å². The Morgan fingerprint density at radius 3 is 2.50 bits per heavy atom. The Labute approximate surface area is 128 Å². The standard InChI is InChI=1S/C13H25N3O2S.ClH/c1-10(14)12-3-2-6-15(9-12)19(17,18)16-8-11-4-5-13(16)7-11;/h10-13H,2-9,14H2,1H3;1H. The molecule has 3 rings (SSSR count). The third-order valence-electron chi connectivity index (χ3n) is 5.15. The molecular formula is C13H26ClN3O2S. The predicted octanol–water partition coefficient (Wildman–Crippen LogP) is 1.20. The summed E-state index contributed by atoms with van der Waals surface area (Å²) in [5, 5.41) is 0. The summed E-state index contributed by atoms with van der Waals surface area (Å²) in [5.41, 5.74) is 5.95. The van der Waals surface area contributed by atoms with Gasteiger partial charge in [0.2, 0.25) is 0 Å². The lowest BCUT2D eigenvalue weighted by atomic mass is 9.93. The van der Waals surface area contributed by atoms with Gasteiger partial charge >= 0.3 is 0 Å². The van der Waals surface area contributed by atoms with Gasteiger partial charge in [-0.25, -0.2) is 0 Å². The fraction of sp³-hybridized carbons (Fsp3) is 1.00. The van der Waals surface area contributed by atoms with Crippen molar-refractivity contribution in [3.05, 3.63) is 0 Å². The summed E-state index contributed by atoms with van der Waals surface area (Å²) in [4.78, 5) is 0. The van der Waals surface area contributed by atoms with Crippen molar-refractivity contribution in [1.29, 1.82) is 0 Å². The minimum atomic E-state index is -3.25. The van der Waals surface area contributed by atoms with Gasteiger partial charge in [0.1, 0.15) is 0 Å². The van der Waals surface area contributed by atoms with Crippen LogP contribution in [0.2, 0.25) is 0 Å². The molecule has 3 aliphatic rings. The summed E-state index contributed by atoms with van der Waals surface area (Å²) in [6, 6.07) is 0.346. The number of hydrogen-bond acceptors (Lipinski definition) is 3. The van der Waals surface area contributed by atoms with Crippen molar-refractivity contribution in [1.82, 2.24) is 8.61 Å². The molecule has 4 unspecified atom stereocenters. The molecule has 2 heterocycles. The first kappa shape index (κ1) is 16.5. The van der Waals surface area contributed by atoms with E-state index in [2.05, 4.69) is 0 Å². The van der Waals surface area contributed by atoms with Crippen molar-refractivity contribution in [3.8, 4) is 0 Å². The summed E-state index contributed by atoms with van der Waals surface area (Å²) in [6.07, 6.45) is 5.32. The van der Waals surface area contributed by atoms with Crippen molar-refractivity contribution < 1.29 is 8.42 Å². The van der Waals surface area contributed by atoms with Crippen LogP contribution in [-0.4, -0.2) is 48.7 Å². The third kappa shape index (κ3) is 2.86. The number of halogens is 1. The summed E-state index contributed by atoms with van der Waals surface area (Å²) in [6.45, 7) is 4.00. The highest BCUT2D eigenvalue weighted by Gasteiger charge is 2.46. The first-order valence-electron chi connectivity index (χ1n) is 7.51. The molecule has 20 heavy (non-hydrogen) atoms. The molecule has 0 spiro atoms. The van der Waals surface area contributed by atoms with Crippen LogP contribution in [0.5, 0.6) is 0 Å². The van der Waals surface area contributed by atoms with Gasteiger partial charge < -0.3 is 5.73 Å². The van der Waals surface area contributed by atoms with Crippen LogP contribution >= 0.6 is 12.4 Å². The summed E-state index contributed by atoms with van der Waals surface area (Å²) < 4.78 is 29.0. The molecule has 4 atom stereocenters. The molecule has 1 saturated carbocycles. The molecule has 0 aromatic rings. The molecule has 0 radical (unpaired) electrons. The van der Waals surface area contributed by atoms with Gasteiger partial charge in [0.05, 0.1) is 0 Å². The maximum Gasteiger partial charge on any atom is 0.282 e. The lowest BCUT2D eigenvalue weighted by Crippen LogP contribution is -2.52. The largest absolute Gasteiger partial charge is 0.328 e. The lowest BCUT2D eigenvalue weighted by molar-refractivity contribution is 0.219. The van der Waals surface area contributed by atoms with Crippen molar-refractivity contribution in [2.75, 3.05) is 19.6 Å². The van der Waals surface area contributed by atoms with E-state index in [9.17, 15) is 8.42 Å². The average Bonchev–Trinajstić information content (AvgIpc) is 3.01. The van der Waals surface area contributed by atoms with E-state index in [0.717, 1.165) is 32.2 Å². The second-order valence-corrected chi connectivity index (χ2v) is 8.41. The monoisotopic (exact) mass is 323 g/mol. The SMILES string of the molecule is CC(N)C1CCCN(S(=O)(=O)N2CC3CCC2C3)C1.Cl. The number of hydrogen-bond donors (Lipinski definition) is 1. The molecule has 2 aliphatic heterocycles. The van der Waals surface area contributed by atoms with E-state index in [-0.39, 0.29) is 24.5 Å². The molecule has 3 fully saturated rings. The van der Waals surface area contributed by atoms with Crippen LogP contribution in [0.3, 0.4) is 0 Å². The van der Waals surface area contributed by atoms with Crippen LogP contribution in [0.4, 0.5) is 0 Å². The third-order valence-corrected chi connectivity index (χ3v) is 7.17. The zero-order chi connectivity index (χ0) is 13.6. The number of rotatable bonds is 3. The highest BCUT2D eigenvalue weighted by Crippen LogP contribution is 2.40. The number of fused-ring (bicyclic) bond motifs is 2. The Balaban J connectivity index is 0.00000147. The molecule has 7 heteroatoms. The predicted molar refractivity (Wildman–Crippen MR) is 81.9 cm³/mol. The van der Waals surface area contributed by atoms with Crippen LogP contribution in [0, 0.1) is 11.8 Å². The second kappa shape index (κ2) is 6.08. The smallest absolute Gasteiger partial charge is 0.282 e. The Morgan fingerprint density at radius 1 is 1.20 bits per heavy atom. The zero-order valence-electron chi connectivity index (χ0n) is 12.1. The minimum Gasteiger partial charge on any atom is -0.328 e. The van der Waals surface area contributed by atoms with E-state index in [1.165, 1.54) is 6.42 Å². The van der Waals surface area contributed by atoms with Gasteiger partial charge in [0, 0.05) is 31.7 Å². The van der Waals surface area contributed by atoms with E-state index in [1.54, 1.807) is 8.61 Å². The van der Waals surface area contributed by atoms with Crippen molar-refractivity contribution >= 4 is 22.6 Å². The molecule has 1 aliphatic carbocycles. The van der Waals surface area contributed by atoms with Gasteiger partial charge in [-0.15, -0.1) is 12.4 Å². The first-order valence-corrected chi connectivity index (χ1v) is 8.90. The van der Waals surface area contributed by atoms with Crippen LogP contribution in [0.15, 0.2) is 0 Å². The summed E-state index contributed by atoms with van der Waals surface area (Å²) in [5.74, 6) is 0.914. The maximum absolute atomic E-state index is 12.8. The molecule has 0 amide bonds. The zero-order valence-corrected chi connectivity index (χ0v) is 13.7. The molecule has 118 valence electrons. The summed E-state index contributed by atoms with van der Waals surface area (Å²) in [7, 11) is -3.25. The van der Waals surface area contributed by atoms with Crippen LogP contribution in [0.25, 0.3) is 0 Å². The Hall–Kier alpha value is 0.120. The number of nitrogens with two attached hydrogens (primary N) is 1. The minimum absolute atomic E-state index is 0. The van der Waals surface area contributed by atoms with Gasteiger partial charge in [-0.05, 0) is 50.9 Å². The molecule has 0 aromatic carbocycles. The molecule has 0 aromatic heterocycles. The van der Waals surface area contributed by atoms with Crippen molar-refractivity contribution in [3.63, 3.8) is 0 Å². The quantitative estimate of drug-likeness (QED) is 0.848. The Bertz CT molecular complexity index is 443. The van der Waals surface area contributed by atoms with Crippen LogP contribution in [0.1, 0.15) is 39.0 Å². The molecule has 5 nitrogen and oxygen atoms in total. The average molecular weight is 324 g/mol. The van der Waals surface area contributed by atoms with Gasteiger partial charge in [0.15, 0.2) is 0 Å². The summed E-state index contributed by atoms with van der Waals surface area (Å²) >= 11 is 0. The van der Waals surface area contributed by atoms with E-state index in [0.29, 0.717) is 24.9 Å². The lowest BCUT2D eigenvalue weighted by Gasteiger charge is -2.38. The fourth-order valence-corrected chi connectivity index (χ4v) is 5.93. The number of piperidine rings is 2. The van der Waals surface area contributed by atoms with E-state index in [4.69, 9.17) is 5.73 Å². The molecular weight excluding hydrogens is 298 g/mol. The Kier molecular flexibility index (Phi) is 5.02. The maximum atomic E-state index is 12.8. The molecule has 2 bridgehead atoms. The Morgan fingerprint density at radius 2 is 1.95 bits per heavy atom. The highest BCUT2D eigenvalue weighted by molar-refractivity contribution is 7.86. The van der Waals surface area contributed by atoms with Gasteiger partial charge in [-0.1, -0.05) is 0 Å². The van der Waals surface area contributed by atoms with Crippen molar-refractivity contribution in [2.45, 2.75) is 51.1 Å². The fourth-order valence-electron chi connectivity index (χ4n) is 3.92. The molecule has 2 saturated heterocycles. The van der Waals surface area contributed by atoms with Gasteiger partial charge in [-0.3, -0.25) is 0 Å².